The molecule has 3 aliphatic rings. The molecule has 1 atom stereocenters. The fraction of sp³-hybridized carbons (Fsp3) is 0.731. The van der Waals surface area contributed by atoms with Gasteiger partial charge in [0.2, 0.25) is 0 Å². The molecule has 2 fully saturated rings. The van der Waals surface area contributed by atoms with Gasteiger partial charge in [0.15, 0.2) is 0 Å². The van der Waals surface area contributed by atoms with Gasteiger partial charge in [0.05, 0.1) is 24.4 Å². The normalized spacial score (nSPS) is 24.1. The lowest BCUT2D eigenvalue weighted by Crippen LogP contribution is -2.61. The van der Waals surface area contributed by atoms with Crippen LogP contribution in [0.5, 0.6) is 0 Å². The molecule has 0 radical (unpaired) electrons. The first-order valence-corrected chi connectivity index (χ1v) is 12.3. The predicted octanol–water partition coefficient (Wildman–Crippen LogP) is 4.08. The largest absolute Gasteiger partial charge is 0.495 e. The average molecular weight is 447 g/mol. The van der Waals surface area contributed by atoms with Crippen LogP contribution < -0.4 is 0 Å². The van der Waals surface area contributed by atoms with Gasteiger partial charge in [-0.2, -0.15) is 0 Å². The Labute approximate surface area is 194 Å². The van der Waals surface area contributed by atoms with Gasteiger partial charge in [0.25, 0.3) is 5.91 Å². The predicted molar refractivity (Wildman–Crippen MR) is 127 cm³/mol. The van der Waals surface area contributed by atoms with Crippen molar-refractivity contribution in [3.8, 4) is 0 Å². The van der Waals surface area contributed by atoms with Crippen LogP contribution in [0.3, 0.4) is 0 Å². The molecular weight excluding hydrogens is 404 g/mol. The van der Waals surface area contributed by atoms with Crippen LogP contribution in [0.1, 0.15) is 59.8 Å². The Balaban J connectivity index is 1.65. The topological polar surface area (TPSA) is 51.2 Å². The van der Waals surface area contributed by atoms with Gasteiger partial charge in [-0.25, -0.2) is 0 Å². The maximum atomic E-state index is 13.3. The molecule has 1 aliphatic carbocycles. The maximum absolute atomic E-state index is 13.3. The fourth-order valence-electron chi connectivity index (χ4n) is 4.96. The second-order valence-corrected chi connectivity index (χ2v) is 9.74. The van der Waals surface area contributed by atoms with Gasteiger partial charge < -0.3 is 19.1 Å². The second-order valence-electron chi connectivity index (χ2n) is 9.74. The summed E-state index contributed by atoms with van der Waals surface area (Å²) in [4.78, 5) is 17.8. The fourth-order valence-corrected chi connectivity index (χ4v) is 4.96. The number of hydrogen-bond donors (Lipinski definition) is 0. The summed E-state index contributed by atoms with van der Waals surface area (Å²) < 4.78 is 17.9. The molecule has 2 aliphatic heterocycles. The van der Waals surface area contributed by atoms with E-state index in [2.05, 4.69) is 11.8 Å². The summed E-state index contributed by atoms with van der Waals surface area (Å²) in [6.07, 6.45) is 11.1. The van der Waals surface area contributed by atoms with Crippen molar-refractivity contribution in [3.05, 3.63) is 35.1 Å². The lowest BCUT2D eigenvalue weighted by atomic mass is 9.88. The highest BCUT2D eigenvalue weighted by Crippen LogP contribution is 2.33. The smallest absolute Gasteiger partial charge is 0.253 e. The second kappa shape index (κ2) is 11.5. The minimum Gasteiger partial charge on any atom is -0.495 e. The molecule has 2 saturated heterocycles. The number of likely N-dealkylation sites (tertiary alicyclic amines) is 1. The number of allylic oxidation sites excluding steroid dienone is 3. The summed E-state index contributed by atoms with van der Waals surface area (Å²) in [7, 11) is 1.74. The first-order valence-electron chi connectivity index (χ1n) is 12.3. The van der Waals surface area contributed by atoms with Crippen LogP contribution in [0.4, 0.5) is 0 Å². The van der Waals surface area contributed by atoms with Crippen LogP contribution in [0, 0.1) is 0 Å². The van der Waals surface area contributed by atoms with Gasteiger partial charge in [-0.05, 0) is 58.2 Å². The highest BCUT2D eigenvalue weighted by Gasteiger charge is 2.43. The van der Waals surface area contributed by atoms with Crippen molar-refractivity contribution >= 4 is 5.91 Å². The third-order valence-electron chi connectivity index (χ3n) is 6.57. The molecule has 1 spiro atoms. The molecule has 2 heterocycles. The van der Waals surface area contributed by atoms with Crippen LogP contribution in [0.15, 0.2) is 35.1 Å². The Morgan fingerprint density at radius 2 is 2.06 bits per heavy atom. The highest BCUT2D eigenvalue weighted by atomic mass is 16.5. The number of nitrogens with zero attached hydrogens (tertiary/aromatic N) is 2. The molecule has 1 amide bonds. The van der Waals surface area contributed by atoms with E-state index in [1.807, 2.05) is 43.9 Å². The van der Waals surface area contributed by atoms with Crippen LogP contribution in [0.25, 0.3) is 0 Å². The minimum absolute atomic E-state index is 0.104. The van der Waals surface area contributed by atoms with Gasteiger partial charge in [0.1, 0.15) is 5.76 Å². The number of amides is 1. The summed E-state index contributed by atoms with van der Waals surface area (Å²) in [5.74, 6) is 1.05. The van der Waals surface area contributed by atoms with E-state index in [4.69, 9.17) is 14.2 Å². The van der Waals surface area contributed by atoms with Crippen LogP contribution in [0.2, 0.25) is 0 Å². The number of unbranched alkanes of at least 4 members (excludes halogenated alkanes) is 1. The minimum atomic E-state index is -0.173. The Bertz CT molecular complexity index is 732. The summed E-state index contributed by atoms with van der Waals surface area (Å²) >= 11 is 0. The van der Waals surface area contributed by atoms with E-state index in [1.165, 1.54) is 12.8 Å². The van der Waals surface area contributed by atoms with Crippen molar-refractivity contribution in [2.24, 2.45) is 0 Å². The van der Waals surface area contributed by atoms with Gasteiger partial charge in [-0.1, -0.05) is 25.5 Å². The molecule has 6 nitrogen and oxygen atoms in total. The van der Waals surface area contributed by atoms with E-state index < -0.39 is 0 Å². The summed E-state index contributed by atoms with van der Waals surface area (Å²) in [6, 6.07) is 0. The van der Waals surface area contributed by atoms with Crippen molar-refractivity contribution in [1.82, 2.24) is 9.80 Å². The molecule has 0 aromatic heterocycles. The molecule has 6 heteroatoms. The van der Waals surface area contributed by atoms with E-state index in [1.54, 1.807) is 7.11 Å². The van der Waals surface area contributed by atoms with Crippen molar-refractivity contribution < 1.29 is 19.0 Å². The van der Waals surface area contributed by atoms with E-state index in [-0.39, 0.29) is 23.7 Å². The number of morpholine rings is 1. The molecule has 0 N–H and O–H groups in total. The van der Waals surface area contributed by atoms with Crippen molar-refractivity contribution in [2.75, 3.05) is 46.4 Å². The lowest BCUT2D eigenvalue weighted by molar-refractivity contribution is -0.188. The van der Waals surface area contributed by atoms with E-state index in [0.717, 1.165) is 68.9 Å². The molecular formula is C26H42N2O4. The average Bonchev–Trinajstić information content (AvgIpc) is 2.93. The van der Waals surface area contributed by atoms with Gasteiger partial charge in [0, 0.05) is 45.3 Å². The monoisotopic (exact) mass is 446 g/mol. The third-order valence-corrected chi connectivity index (χ3v) is 6.57. The molecule has 1 unspecified atom stereocenters. The molecule has 0 aromatic carbocycles. The number of carbonyl (C=O) groups excluding carboxylic acids is 1. The van der Waals surface area contributed by atoms with Crippen molar-refractivity contribution in [3.63, 3.8) is 0 Å². The maximum Gasteiger partial charge on any atom is 0.253 e. The third kappa shape index (κ3) is 6.46. The summed E-state index contributed by atoms with van der Waals surface area (Å²) in [5, 5.41) is 0. The standard InChI is InChI=1S/C26H42N2O4/c1-6-7-13-27-17-23(18-30-5)32-26(19-27)11-14-28(15-12-26)25(29)22-9-8-10-24(21(4)16-22)31-20(2)3/h8-9,16,20,23H,6-7,10-15,17-19H2,1-5H3. The summed E-state index contributed by atoms with van der Waals surface area (Å²) in [5.41, 5.74) is 1.60. The number of carbonyl (C=O) groups is 1. The Morgan fingerprint density at radius 3 is 2.72 bits per heavy atom. The van der Waals surface area contributed by atoms with Crippen molar-refractivity contribution in [1.29, 1.82) is 0 Å². The lowest BCUT2D eigenvalue weighted by Gasteiger charge is -2.50. The first kappa shape index (κ1) is 25.0. The van der Waals surface area contributed by atoms with E-state index in [9.17, 15) is 4.79 Å². The van der Waals surface area contributed by atoms with Crippen LogP contribution >= 0.6 is 0 Å². The molecule has 180 valence electrons. The molecule has 32 heavy (non-hydrogen) atoms. The Morgan fingerprint density at radius 1 is 1.31 bits per heavy atom. The zero-order valence-electron chi connectivity index (χ0n) is 20.7. The zero-order chi connectivity index (χ0) is 23.1. The number of methoxy groups -OCH3 is 1. The number of piperidine rings is 1. The van der Waals surface area contributed by atoms with Gasteiger partial charge in [-0.3, -0.25) is 9.69 Å². The van der Waals surface area contributed by atoms with Gasteiger partial charge >= 0.3 is 0 Å². The summed E-state index contributed by atoms with van der Waals surface area (Å²) in [6.45, 7) is 13.4. The zero-order valence-corrected chi connectivity index (χ0v) is 20.7. The molecule has 0 bridgehead atoms. The number of ether oxygens (including phenoxy) is 3. The van der Waals surface area contributed by atoms with Crippen molar-refractivity contribution in [2.45, 2.75) is 77.6 Å². The molecule has 0 aromatic rings. The quantitative estimate of drug-likeness (QED) is 0.562. The number of hydrogen-bond acceptors (Lipinski definition) is 5. The van der Waals surface area contributed by atoms with Crippen LogP contribution in [-0.4, -0.2) is 80.0 Å². The molecule has 3 rings (SSSR count). The van der Waals surface area contributed by atoms with Crippen LogP contribution in [-0.2, 0) is 19.0 Å². The molecule has 0 saturated carbocycles. The highest BCUT2D eigenvalue weighted by molar-refractivity contribution is 5.97. The first-order chi connectivity index (χ1) is 15.4. The Hall–Kier alpha value is -1.63. The van der Waals surface area contributed by atoms with E-state index in [0.29, 0.717) is 6.61 Å². The Kier molecular flexibility index (Phi) is 8.97. The van der Waals surface area contributed by atoms with E-state index >= 15 is 0 Å². The SMILES string of the molecule is CCCCN1CC(COC)OC2(CCN(C(=O)C3=CC(C)=C(OC(C)C)CC=C3)CC2)C1. The number of rotatable bonds is 8. The van der Waals surface area contributed by atoms with Gasteiger partial charge in [-0.15, -0.1) is 0 Å².